The Bertz CT molecular complexity index is 696. The van der Waals surface area contributed by atoms with Crippen molar-refractivity contribution in [3.63, 3.8) is 0 Å². The Kier molecular flexibility index (Phi) is 4.66. The van der Waals surface area contributed by atoms with E-state index in [4.69, 9.17) is 4.74 Å². The molecule has 108 valence electrons. The van der Waals surface area contributed by atoms with Crippen LogP contribution in [0, 0.1) is 6.92 Å². The summed E-state index contributed by atoms with van der Waals surface area (Å²) in [6, 6.07) is 4.83. The fraction of sp³-hybridized carbons (Fsp3) is 0.250. The van der Waals surface area contributed by atoms with Crippen LogP contribution in [0.2, 0.25) is 0 Å². The third kappa shape index (κ3) is 3.50. The smallest absolute Gasteiger partial charge is 0.263 e. The van der Waals surface area contributed by atoms with E-state index in [-0.39, 0.29) is 4.90 Å². The zero-order valence-electron chi connectivity index (χ0n) is 10.9. The molecule has 0 spiro atoms. The van der Waals surface area contributed by atoms with Crippen LogP contribution >= 0.6 is 27.3 Å². The first-order valence-electron chi connectivity index (χ1n) is 5.80. The molecule has 2 aromatic rings. The number of nitrogens with one attached hydrogen (secondary N) is 1. The first-order chi connectivity index (χ1) is 9.42. The van der Waals surface area contributed by atoms with Crippen LogP contribution in [0.5, 0.6) is 5.88 Å². The van der Waals surface area contributed by atoms with Crippen LogP contribution in [0.25, 0.3) is 0 Å². The van der Waals surface area contributed by atoms with Gasteiger partial charge in [0.2, 0.25) is 5.88 Å². The fourth-order valence-electron chi connectivity index (χ4n) is 1.58. The highest BCUT2D eigenvalue weighted by molar-refractivity contribution is 9.11. The van der Waals surface area contributed by atoms with Gasteiger partial charge in [0.1, 0.15) is 4.90 Å². The molecule has 0 aliphatic rings. The fourth-order valence-corrected chi connectivity index (χ4v) is 5.04. The summed E-state index contributed by atoms with van der Waals surface area (Å²) < 4.78 is 33.0. The van der Waals surface area contributed by atoms with E-state index in [0.717, 1.165) is 8.66 Å². The van der Waals surface area contributed by atoms with Crippen molar-refractivity contribution in [3.05, 3.63) is 33.1 Å². The number of hydrogen-bond donors (Lipinski definition) is 1. The Morgan fingerprint density at radius 3 is 2.70 bits per heavy atom. The van der Waals surface area contributed by atoms with Crippen molar-refractivity contribution >= 4 is 43.0 Å². The molecule has 2 heterocycles. The summed E-state index contributed by atoms with van der Waals surface area (Å²) in [6.45, 7) is 4.14. The second-order valence-corrected chi connectivity index (χ2v) is 8.18. The maximum Gasteiger partial charge on any atom is 0.263 e. The number of aryl methyl sites for hydroxylation is 1. The van der Waals surface area contributed by atoms with Crippen molar-refractivity contribution in [1.29, 1.82) is 0 Å². The molecule has 8 heteroatoms. The lowest BCUT2D eigenvalue weighted by molar-refractivity contribution is 0.327. The minimum atomic E-state index is -3.60. The van der Waals surface area contributed by atoms with Gasteiger partial charge in [0.05, 0.1) is 22.3 Å². The Morgan fingerprint density at radius 1 is 1.45 bits per heavy atom. The number of aromatic nitrogens is 1. The normalized spacial score (nSPS) is 11.3. The van der Waals surface area contributed by atoms with Gasteiger partial charge in [0, 0.05) is 10.9 Å². The summed E-state index contributed by atoms with van der Waals surface area (Å²) >= 11 is 4.66. The van der Waals surface area contributed by atoms with Crippen molar-refractivity contribution in [2.75, 3.05) is 11.3 Å². The van der Waals surface area contributed by atoms with Crippen LogP contribution in [0.4, 0.5) is 5.69 Å². The summed E-state index contributed by atoms with van der Waals surface area (Å²) in [5, 5.41) is 0. The highest BCUT2D eigenvalue weighted by Crippen LogP contribution is 2.30. The predicted molar refractivity (Wildman–Crippen MR) is 83.0 cm³/mol. The van der Waals surface area contributed by atoms with E-state index in [1.807, 2.05) is 6.92 Å². The predicted octanol–water partition coefficient (Wildman–Crippen LogP) is 3.41. The number of sulfonamides is 1. The molecule has 0 fully saturated rings. The molecule has 0 bridgehead atoms. The van der Waals surface area contributed by atoms with E-state index in [9.17, 15) is 8.42 Å². The van der Waals surface area contributed by atoms with Crippen LogP contribution in [-0.2, 0) is 10.0 Å². The topological polar surface area (TPSA) is 68.3 Å². The van der Waals surface area contributed by atoms with Gasteiger partial charge in [-0.15, -0.1) is 11.3 Å². The monoisotopic (exact) mass is 376 g/mol. The highest BCUT2D eigenvalue weighted by Gasteiger charge is 2.19. The van der Waals surface area contributed by atoms with Crippen LogP contribution in [-0.4, -0.2) is 20.0 Å². The molecule has 0 unspecified atom stereocenters. The first kappa shape index (κ1) is 15.3. The second-order valence-electron chi connectivity index (χ2n) is 3.89. The third-order valence-corrected chi connectivity index (χ3v) is 5.60. The number of hydrogen-bond acceptors (Lipinski definition) is 5. The average Bonchev–Trinajstić information content (AvgIpc) is 2.72. The number of pyridine rings is 1. The summed E-state index contributed by atoms with van der Waals surface area (Å²) in [6.07, 6.45) is 1.43. The SMILES string of the molecule is CCOc1ccc(NS(=O)(=O)c2cc(Br)sc2C)cn1. The Labute approximate surface area is 130 Å². The summed E-state index contributed by atoms with van der Waals surface area (Å²) in [5.74, 6) is 0.463. The number of thiophene rings is 1. The van der Waals surface area contributed by atoms with Crippen LogP contribution < -0.4 is 9.46 Å². The van der Waals surface area contributed by atoms with Crippen molar-refractivity contribution in [1.82, 2.24) is 4.98 Å². The lowest BCUT2D eigenvalue weighted by Crippen LogP contribution is -2.13. The molecule has 0 aromatic carbocycles. The third-order valence-electron chi connectivity index (χ3n) is 2.41. The Morgan fingerprint density at radius 2 is 2.20 bits per heavy atom. The molecule has 0 radical (unpaired) electrons. The minimum Gasteiger partial charge on any atom is -0.478 e. The van der Waals surface area contributed by atoms with Gasteiger partial charge in [-0.1, -0.05) is 0 Å². The van der Waals surface area contributed by atoms with Gasteiger partial charge in [-0.05, 0) is 41.9 Å². The van der Waals surface area contributed by atoms with E-state index < -0.39 is 10.0 Å². The molecule has 0 aliphatic carbocycles. The molecule has 0 aliphatic heterocycles. The number of ether oxygens (including phenoxy) is 1. The average molecular weight is 377 g/mol. The zero-order chi connectivity index (χ0) is 14.8. The van der Waals surface area contributed by atoms with Gasteiger partial charge in [-0.25, -0.2) is 13.4 Å². The van der Waals surface area contributed by atoms with Crippen molar-refractivity contribution in [2.24, 2.45) is 0 Å². The van der Waals surface area contributed by atoms with Crippen molar-refractivity contribution in [2.45, 2.75) is 18.7 Å². The molecule has 5 nitrogen and oxygen atoms in total. The second kappa shape index (κ2) is 6.11. The van der Waals surface area contributed by atoms with E-state index in [1.165, 1.54) is 17.5 Å². The quantitative estimate of drug-likeness (QED) is 0.867. The maximum atomic E-state index is 12.3. The van der Waals surface area contributed by atoms with Gasteiger partial charge in [-0.2, -0.15) is 0 Å². The number of nitrogens with zero attached hydrogens (tertiary/aromatic N) is 1. The number of halogens is 1. The first-order valence-corrected chi connectivity index (χ1v) is 8.89. The van der Waals surface area contributed by atoms with Crippen LogP contribution in [0.3, 0.4) is 0 Å². The Hall–Kier alpha value is -1.12. The van der Waals surface area contributed by atoms with Crippen LogP contribution in [0.1, 0.15) is 11.8 Å². The maximum absolute atomic E-state index is 12.3. The lowest BCUT2D eigenvalue weighted by atomic mass is 10.4. The van der Waals surface area contributed by atoms with Crippen molar-refractivity contribution < 1.29 is 13.2 Å². The molecule has 0 atom stereocenters. The van der Waals surface area contributed by atoms with E-state index in [0.29, 0.717) is 18.2 Å². The summed E-state index contributed by atoms with van der Waals surface area (Å²) in [5.41, 5.74) is 0.398. The van der Waals surface area contributed by atoms with Gasteiger partial charge >= 0.3 is 0 Å². The summed E-state index contributed by atoms with van der Waals surface area (Å²) in [4.78, 5) is 5.01. The van der Waals surface area contributed by atoms with Gasteiger partial charge in [0.25, 0.3) is 10.0 Å². The molecule has 2 aromatic heterocycles. The van der Waals surface area contributed by atoms with E-state index >= 15 is 0 Å². The zero-order valence-corrected chi connectivity index (χ0v) is 14.1. The highest BCUT2D eigenvalue weighted by atomic mass is 79.9. The van der Waals surface area contributed by atoms with E-state index in [1.54, 1.807) is 25.1 Å². The van der Waals surface area contributed by atoms with Gasteiger partial charge in [-0.3, -0.25) is 4.72 Å². The number of anilines is 1. The molecule has 0 saturated carbocycles. The molecule has 1 N–H and O–H groups in total. The largest absolute Gasteiger partial charge is 0.478 e. The standard InChI is InChI=1S/C12H13BrN2O3S2/c1-3-18-12-5-4-9(7-14-12)15-20(16,17)10-6-11(13)19-8(10)2/h4-7,15H,3H2,1-2H3. The van der Waals surface area contributed by atoms with Gasteiger partial charge in [0.15, 0.2) is 0 Å². The van der Waals surface area contributed by atoms with E-state index in [2.05, 4.69) is 25.6 Å². The van der Waals surface area contributed by atoms with Crippen molar-refractivity contribution in [3.8, 4) is 5.88 Å². The summed E-state index contributed by atoms with van der Waals surface area (Å²) in [7, 11) is -3.60. The molecule has 20 heavy (non-hydrogen) atoms. The Balaban J connectivity index is 2.22. The molecule has 0 amide bonds. The van der Waals surface area contributed by atoms with Crippen LogP contribution in [0.15, 0.2) is 33.1 Å². The van der Waals surface area contributed by atoms with Gasteiger partial charge < -0.3 is 4.74 Å². The number of rotatable bonds is 5. The minimum absolute atomic E-state index is 0.267. The molecular weight excluding hydrogens is 364 g/mol. The molecular formula is C12H13BrN2O3S2. The molecule has 2 rings (SSSR count). The lowest BCUT2D eigenvalue weighted by Gasteiger charge is -2.08. The molecule has 0 saturated heterocycles.